The monoisotopic (exact) mass is 258 g/mol. The minimum atomic E-state index is -0.0128. The highest BCUT2D eigenvalue weighted by molar-refractivity contribution is 6.01. The normalized spacial score (nSPS) is 22.3. The van der Waals surface area contributed by atoms with Crippen molar-refractivity contribution >= 4 is 17.5 Å². The Morgan fingerprint density at radius 3 is 2.63 bits per heavy atom. The molecule has 0 aromatic heterocycles. The molecular formula is C15H18N2O2. The molecule has 0 saturated carbocycles. The highest BCUT2D eigenvalue weighted by atomic mass is 16.2. The molecule has 3 rings (SSSR count). The van der Waals surface area contributed by atoms with E-state index >= 15 is 0 Å². The Bertz CT molecular complexity index is 497. The average Bonchev–Trinajstić information content (AvgIpc) is 2.76. The minimum absolute atomic E-state index is 0.0128. The lowest BCUT2D eigenvalue weighted by Crippen LogP contribution is -2.35. The summed E-state index contributed by atoms with van der Waals surface area (Å²) in [7, 11) is 0. The molecule has 100 valence electrons. The first-order valence-corrected chi connectivity index (χ1v) is 6.91. The Labute approximate surface area is 112 Å². The van der Waals surface area contributed by atoms with Crippen molar-refractivity contribution in [2.45, 2.75) is 38.1 Å². The second-order valence-corrected chi connectivity index (χ2v) is 5.26. The predicted molar refractivity (Wildman–Crippen MR) is 72.7 cm³/mol. The molecule has 2 aliphatic heterocycles. The second kappa shape index (κ2) is 5.03. The average molecular weight is 258 g/mol. The third-order valence-electron chi connectivity index (χ3n) is 4.00. The molecule has 2 aliphatic rings. The summed E-state index contributed by atoms with van der Waals surface area (Å²) in [6.45, 7) is 0.553. The lowest BCUT2D eigenvalue weighted by atomic mass is 9.96. The molecule has 2 heterocycles. The van der Waals surface area contributed by atoms with Gasteiger partial charge >= 0.3 is 0 Å². The van der Waals surface area contributed by atoms with Crippen LogP contribution in [0.15, 0.2) is 24.3 Å². The van der Waals surface area contributed by atoms with Crippen molar-refractivity contribution in [1.82, 2.24) is 4.90 Å². The summed E-state index contributed by atoms with van der Waals surface area (Å²) < 4.78 is 0. The Kier molecular flexibility index (Phi) is 3.23. The van der Waals surface area contributed by atoms with Gasteiger partial charge in [0.2, 0.25) is 11.8 Å². The van der Waals surface area contributed by atoms with Crippen LogP contribution < -0.4 is 5.32 Å². The standard InChI is InChI=1S/C15H18N2O2/c18-14-7-8-15(19)17(14)10-9-12-6-5-11-3-1-2-4-13(11)16-12/h1-4,12,16H,5-10H2. The molecule has 1 unspecified atom stereocenters. The summed E-state index contributed by atoms with van der Waals surface area (Å²) in [5, 5.41) is 3.50. The van der Waals surface area contributed by atoms with E-state index < -0.39 is 0 Å². The van der Waals surface area contributed by atoms with Crippen LogP contribution in [-0.4, -0.2) is 29.3 Å². The first-order chi connectivity index (χ1) is 9.24. The van der Waals surface area contributed by atoms with Gasteiger partial charge in [0.15, 0.2) is 0 Å². The maximum atomic E-state index is 11.5. The Morgan fingerprint density at radius 1 is 1.11 bits per heavy atom. The van der Waals surface area contributed by atoms with Crippen molar-refractivity contribution in [2.24, 2.45) is 0 Å². The number of para-hydroxylation sites is 1. The number of nitrogens with one attached hydrogen (secondary N) is 1. The first-order valence-electron chi connectivity index (χ1n) is 6.91. The van der Waals surface area contributed by atoms with E-state index in [4.69, 9.17) is 0 Å². The smallest absolute Gasteiger partial charge is 0.229 e. The van der Waals surface area contributed by atoms with Crippen LogP contribution in [0.25, 0.3) is 0 Å². The Morgan fingerprint density at radius 2 is 1.84 bits per heavy atom. The molecule has 0 aliphatic carbocycles. The summed E-state index contributed by atoms with van der Waals surface area (Å²) in [6.07, 6.45) is 3.74. The molecule has 4 heteroatoms. The highest BCUT2D eigenvalue weighted by Crippen LogP contribution is 2.26. The summed E-state index contributed by atoms with van der Waals surface area (Å²) in [4.78, 5) is 24.5. The third kappa shape index (κ3) is 2.48. The molecule has 1 aromatic carbocycles. The van der Waals surface area contributed by atoms with Gasteiger partial charge in [-0.05, 0) is 30.9 Å². The molecule has 4 nitrogen and oxygen atoms in total. The molecule has 1 saturated heterocycles. The van der Waals surface area contributed by atoms with E-state index in [2.05, 4.69) is 23.5 Å². The fourth-order valence-electron chi connectivity index (χ4n) is 2.87. The molecule has 2 amide bonds. The molecule has 1 N–H and O–H groups in total. The first kappa shape index (κ1) is 12.2. The van der Waals surface area contributed by atoms with Crippen molar-refractivity contribution in [2.75, 3.05) is 11.9 Å². The number of likely N-dealkylation sites (tertiary alicyclic amines) is 1. The van der Waals surface area contributed by atoms with Crippen molar-refractivity contribution in [3.05, 3.63) is 29.8 Å². The Balaban J connectivity index is 1.58. The second-order valence-electron chi connectivity index (χ2n) is 5.26. The number of aryl methyl sites for hydroxylation is 1. The number of hydrogen-bond donors (Lipinski definition) is 1. The highest BCUT2D eigenvalue weighted by Gasteiger charge is 2.29. The molecule has 1 fully saturated rings. The van der Waals surface area contributed by atoms with Crippen LogP contribution in [0.5, 0.6) is 0 Å². The number of fused-ring (bicyclic) bond motifs is 1. The van der Waals surface area contributed by atoms with E-state index in [0.717, 1.165) is 19.3 Å². The van der Waals surface area contributed by atoms with Gasteiger partial charge in [0.25, 0.3) is 0 Å². The fraction of sp³-hybridized carbons (Fsp3) is 0.467. The third-order valence-corrected chi connectivity index (χ3v) is 4.00. The van der Waals surface area contributed by atoms with Crippen LogP contribution in [-0.2, 0) is 16.0 Å². The van der Waals surface area contributed by atoms with E-state index in [-0.39, 0.29) is 11.8 Å². The number of amides is 2. The molecule has 0 radical (unpaired) electrons. The lowest BCUT2D eigenvalue weighted by molar-refractivity contribution is -0.138. The van der Waals surface area contributed by atoms with Crippen LogP contribution >= 0.6 is 0 Å². The maximum Gasteiger partial charge on any atom is 0.229 e. The van der Waals surface area contributed by atoms with E-state index in [0.29, 0.717) is 25.4 Å². The van der Waals surface area contributed by atoms with Crippen molar-refractivity contribution < 1.29 is 9.59 Å². The van der Waals surface area contributed by atoms with Crippen LogP contribution in [0.2, 0.25) is 0 Å². The fourth-order valence-corrected chi connectivity index (χ4v) is 2.87. The number of benzene rings is 1. The van der Waals surface area contributed by atoms with Gasteiger partial charge in [0.1, 0.15) is 0 Å². The predicted octanol–water partition coefficient (Wildman–Crippen LogP) is 1.95. The zero-order valence-corrected chi connectivity index (χ0v) is 10.9. The molecule has 0 bridgehead atoms. The Hall–Kier alpha value is -1.84. The van der Waals surface area contributed by atoms with Crippen molar-refractivity contribution in [1.29, 1.82) is 0 Å². The topological polar surface area (TPSA) is 49.4 Å². The van der Waals surface area contributed by atoms with Crippen LogP contribution in [0, 0.1) is 0 Å². The number of nitrogens with zero attached hydrogens (tertiary/aromatic N) is 1. The van der Waals surface area contributed by atoms with Crippen LogP contribution in [0.1, 0.15) is 31.2 Å². The maximum absolute atomic E-state index is 11.5. The number of imide groups is 1. The van der Waals surface area contributed by atoms with E-state index in [1.165, 1.54) is 16.2 Å². The molecule has 1 atom stereocenters. The number of anilines is 1. The van der Waals surface area contributed by atoms with Gasteiger partial charge in [0, 0.05) is 31.1 Å². The van der Waals surface area contributed by atoms with Crippen molar-refractivity contribution in [3.63, 3.8) is 0 Å². The van der Waals surface area contributed by atoms with E-state index in [1.807, 2.05) is 6.07 Å². The largest absolute Gasteiger partial charge is 0.382 e. The summed E-state index contributed by atoms with van der Waals surface area (Å²) in [5.74, 6) is -0.0255. The van der Waals surface area contributed by atoms with Gasteiger partial charge in [0.05, 0.1) is 0 Å². The van der Waals surface area contributed by atoms with Gasteiger partial charge in [-0.25, -0.2) is 0 Å². The van der Waals surface area contributed by atoms with Gasteiger partial charge in [-0.2, -0.15) is 0 Å². The number of carbonyl (C=O) groups excluding carboxylic acids is 2. The molecule has 19 heavy (non-hydrogen) atoms. The number of carbonyl (C=O) groups is 2. The molecular weight excluding hydrogens is 240 g/mol. The van der Waals surface area contributed by atoms with Crippen LogP contribution in [0.4, 0.5) is 5.69 Å². The number of rotatable bonds is 3. The minimum Gasteiger partial charge on any atom is -0.382 e. The molecule has 1 aromatic rings. The van der Waals surface area contributed by atoms with Gasteiger partial charge in [-0.3, -0.25) is 14.5 Å². The SMILES string of the molecule is O=C1CCC(=O)N1CCC1CCc2ccccc2N1. The number of hydrogen-bond acceptors (Lipinski definition) is 3. The molecule has 0 spiro atoms. The quantitative estimate of drug-likeness (QED) is 0.843. The summed E-state index contributed by atoms with van der Waals surface area (Å²) >= 11 is 0. The summed E-state index contributed by atoms with van der Waals surface area (Å²) in [5.41, 5.74) is 2.55. The summed E-state index contributed by atoms with van der Waals surface area (Å²) in [6, 6.07) is 8.68. The van der Waals surface area contributed by atoms with Crippen LogP contribution in [0.3, 0.4) is 0 Å². The van der Waals surface area contributed by atoms with E-state index in [1.54, 1.807) is 0 Å². The zero-order chi connectivity index (χ0) is 13.2. The van der Waals surface area contributed by atoms with Crippen molar-refractivity contribution in [3.8, 4) is 0 Å². The van der Waals surface area contributed by atoms with Gasteiger partial charge in [-0.15, -0.1) is 0 Å². The lowest BCUT2D eigenvalue weighted by Gasteiger charge is -2.28. The van der Waals surface area contributed by atoms with Gasteiger partial charge in [-0.1, -0.05) is 18.2 Å². The van der Waals surface area contributed by atoms with E-state index in [9.17, 15) is 9.59 Å². The van der Waals surface area contributed by atoms with Gasteiger partial charge < -0.3 is 5.32 Å². The zero-order valence-electron chi connectivity index (χ0n) is 10.9.